The van der Waals surface area contributed by atoms with Gasteiger partial charge in [0.15, 0.2) is 5.13 Å². The van der Waals surface area contributed by atoms with Gasteiger partial charge < -0.3 is 4.90 Å². The second-order valence-corrected chi connectivity index (χ2v) is 9.22. The Balaban J connectivity index is 1.96. The lowest BCUT2D eigenvalue weighted by molar-refractivity contribution is 0.0985. The summed E-state index contributed by atoms with van der Waals surface area (Å²) in [6.07, 6.45) is 0.994. The summed E-state index contributed by atoms with van der Waals surface area (Å²) in [6, 6.07) is 14.3. The maximum absolute atomic E-state index is 13.4. The molecule has 0 bridgehead atoms. The van der Waals surface area contributed by atoms with E-state index in [4.69, 9.17) is 4.98 Å². The normalized spacial score (nSPS) is 11.3. The molecule has 0 radical (unpaired) electrons. The number of aryl methyl sites for hydroxylation is 1. The second kappa shape index (κ2) is 9.54. The molecule has 3 rings (SSSR count). The van der Waals surface area contributed by atoms with Gasteiger partial charge in [-0.05, 0) is 62.2 Å². The quantitative estimate of drug-likeness (QED) is 0.477. The molecule has 1 aromatic heterocycles. The minimum atomic E-state index is 0.00942. The number of carbonyl (C=O) groups excluding carboxylic acids is 1. The van der Waals surface area contributed by atoms with Crippen molar-refractivity contribution in [2.24, 2.45) is 0 Å². The molecule has 0 aliphatic carbocycles. The summed E-state index contributed by atoms with van der Waals surface area (Å²) in [4.78, 5) is 23.2. The van der Waals surface area contributed by atoms with Gasteiger partial charge in [-0.3, -0.25) is 9.69 Å². The van der Waals surface area contributed by atoms with Crippen LogP contribution >= 0.6 is 23.1 Å². The van der Waals surface area contributed by atoms with Crippen LogP contribution in [-0.4, -0.2) is 48.7 Å². The minimum absolute atomic E-state index is 0.00942. The van der Waals surface area contributed by atoms with Crippen molar-refractivity contribution in [2.45, 2.75) is 25.2 Å². The molecule has 28 heavy (non-hydrogen) atoms. The molecule has 2 aromatic carbocycles. The lowest BCUT2D eigenvalue weighted by Gasteiger charge is -2.22. The number of likely N-dealkylation sites (N-methyl/N-ethyl adjacent to an activating group) is 1. The van der Waals surface area contributed by atoms with Crippen LogP contribution in [0.4, 0.5) is 5.13 Å². The first-order chi connectivity index (χ1) is 13.5. The third-order valence-electron chi connectivity index (χ3n) is 4.49. The van der Waals surface area contributed by atoms with E-state index in [1.165, 1.54) is 5.56 Å². The zero-order valence-corrected chi connectivity index (χ0v) is 18.6. The van der Waals surface area contributed by atoms with Crippen molar-refractivity contribution in [3.63, 3.8) is 0 Å². The number of nitrogens with zero attached hydrogens (tertiary/aromatic N) is 3. The number of anilines is 1. The fourth-order valence-corrected chi connectivity index (χ4v) is 4.69. The molecular formula is C22H27N3OS2. The van der Waals surface area contributed by atoms with Crippen LogP contribution in [0.25, 0.3) is 10.2 Å². The summed E-state index contributed by atoms with van der Waals surface area (Å²) >= 11 is 3.34. The number of rotatable bonds is 8. The van der Waals surface area contributed by atoms with E-state index in [0.29, 0.717) is 12.1 Å². The molecule has 0 fully saturated rings. The van der Waals surface area contributed by atoms with Gasteiger partial charge in [0.1, 0.15) is 0 Å². The monoisotopic (exact) mass is 413 g/mol. The van der Waals surface area contributed by atoms with Gasteiger partial charge in [-0.15, -0.1) is 11.8 Å². The highest BCUT2D eigenvalue weighted by atomic mass is 32.2. The SMILES string of the molecule is CCSc1cccc(C(=O)N(CCN(C)C)c2nc3ccc(CC)cc3s2)c1. The number of aromatic nitrogens is 1. The van der Waals surface area contributed by atoms with Crippen molar-refractivity contribution in [3.05, 3.63) is 53.6 Å². The van der Waals surface area contributed by atoms with Crippen LogP contribution in [-0.2, 0) is 6.42 Å². The molecule has 0 saturated carbocycles. The van der Waals surface area contributed by atoms with Crippen LogP contribution in [0.15, 0.2) is 47.4 Å². The molecule has 0 saturated heterocycles. The van der Waals surface area contributed by atoms with E-state index in [2.05, 4.69) is 43.0 Å². The van der Waals surface area contributed by atoms with Gasteiger partial charge in [0.2, 0.25) is 0 Å². The van der Waals surface area contributed by atoms with E-state index in [-0.39, 0.29) is 5.91 Å². The first-order valence-corrected chi connectivity index (χ1v) is 11.4. The van der Waals surface area contributed by atoms with Gasteiger partial charge in [-0.1, -0.05) is 37.3 Å². The Morgan fingerprint density at radius 2 is 1.93 bits per heavy atom. The Kier molecular flexibility index (Phi) is 7.10. The average molecular weight is 414 g/mol. The topological polar surface area (TPSA) is 36.4 Å². The summed E-state index contributed by atoms with van der Waals surface area (Å²) < 4.78 is 1.13. The summed E-state index contributed by atoms with van der Waals surface area (Å²) in [6.45, 7) is 5.66. The Morgan fingerprint density at radius 3 is 2.64 bits per heavy atom. The van der Waals surface area contributed by atoms with Crippen LogP contribution in [0, 0.1) is 0 Å². The molecule has 0 unspecified atom stereocenters. The highest BCUT2D eigenvalue weighted by Gasteiger charge is 2.21. The fourth-order valence-electron chi connectivity index (χ4n) is 2.92. The van der Waals surface area contributed by atoms with E-state index in [9.17, 15) is 4.79 Å². The van der Waals surface area contributed by atoms with Gasteiger partial charge in [0, 0.05) is 23.5 Å². The molecule has 0 aliphatic rings. The number of amides is 1. The van der Waals surface area contributed by atoms with Crippen LogP contribution in [0.2, 0.25) is 0 Å². The number of fused-ring (bicyclic) bond motifs is 1. The standard InChI is InChI=1S/C22H27N3OS2/c1-5-16-10-11-19-20(14-16)28-22(23-19)25(13-12-24(3)4)21(26)17-8-7-9-18(15-17)27-6-2/h7-11,14-15H,5-6,12-13H2,1-4H3. The van der Waals surface area contributed by atoms with Crippen LogP contribution in [0.5, 0.6) is 0 Å². The summed E-state index contributed by atoms with van der Waals surface area (Å²) in [7, 11) is 4.04. The predicted octanol–water partition coefficient (Wildman–Crippen LogP) is 5.18. The van der Waals surface area contributed by atoms with Crippen molar-refractivity contribution in [1.82, 2.24) is 9.88 Å². The van der Waals surface area contributed by atoms with Crippen molar-refractivity contribution in [1.29, 1.82) is 0 Å². The molecule has 148 valence electrons. The Hall–Kier alpha value is -1.89. The zero-order valence-electron chi connectivity index (χ0n) is 16.9. The molecule has 0 N–H and O–H groups in total. The highest BCUT2D eigenvalue weighted by Crippen LogP contribution is 2.31. The number of hydrogen-bond acceptors (Lipinski definition) is 5. The Bertz CT molecular complexity index is 952. The van der Waals surface area contributed by atoms with Gasteiger partial charge in [0.05, 0.1) is 10.2 Å². The van der Waals surface area contributed by atoms with E-state index in [1.807, 2.05) is 37.2 Å². The second-order valence-electron chi connectivity index (χ2n) is 6.87. The number of thioether (sulfide) groups is 1. The predicted molar refractivity (Wildman–Crippen MR) is 122 cm³/mol. The maximum atomic E-state index is 13.4. The first kappa shape index (κ1) is 20.8. The summed E-state index contributed by atoms with van der Waals surface area (Å²) in [5.41, 5.74) is 2.96. The summed E-state index contributed by atoms with van der Waals surface area (Å²) in [5, 5.41) is 0.767. The van der Waals surface area contributed by atoms with Crippen LogP contribution in [0.3, 0.4) is 0 Å². The third-order valence-corrected chi connectivity index (χ3v) is 6.41. The molecule has 6 heteroatoms. The number of hydrogen-bond donors (Lipinski definition) is 0. The van der Waals surface area contributed by atoms with Crippen LogP contribution in [0.1, 0.15) is 29.8 Å². The molecule has 1 heterocycles. The van der Waals surface area contributed by atoms with Crippen molar-refractivity contribution >= 4 is 44.4 Å². The van der Waals surface area contributed by atoms with Crippen LogP contribution < -0.4 is 4.90 Å². The summed E-state index contributed by atoms with van der Waals surface area (Å²) in [5.74, 6) is 0.995. The van der Waals surface area contributed by atoms with E-state index < -0.39 is 0 Å². The average Bonchev–Trinajstić information content (AvgIpc) is 3.11. The molecule has 0 spiro atoms. The first-order valence-electron chi connectivity index (χ1n) is 9.60. The van der Waals surface area contributed by atoms with Gasteiger partial charge >= 0.3 is 0 Å². The van der Waals surface area contributed by atoms with Crippen molar-refractivity contribution in [3.8, 4) is 0 Å². The molecule has 0 aliphatic heterocycles. The number of thiazole rings is 1. The zero-order chi connectivity index (χ0) is 20.1. The van der Waals surface area contributed by atoms with E-state index >= 15 is 0 Å². The lowest BCUT2D eigenvalue weighted by Crippen LogP contribution is -2.36. The largest absolute Gasteiger partial charge is 0.308 e. The number of carbonyl (C=O) groups is 1. The molecule has 4 nitrogen and oxygen atoms in total. The van der Waals surface area contributed by atoms with E-state index in [1.54, 1.807) is 23.1 Å². The van der Waals surface area contributed by atoms with Gasteiger partial charge in [-0.2, -0.15) is 0 Å². The van der Waals surface area contributed by atoms with E-state index in [0.717, 1.165) is 39.0 Å². The lowest BCUT2D eigenvalue weighted by atomic mass is 10.2. The fraction of sp³-hybridized carbons (Fsp3) is 0.364. The van der Waals surface area contributed by atoms with Crippen molar-refractivity contribution in [2.75, 3.05) is 37.8 Å². The molecular weight excluding hydrogens is 386 g/mol. The minimum Gasteiger partial charge on any atom is -0.308 e. The Labute approximate surface area is 175 Å². The maximum Gasteiger partial charge on any atom is 0.260 e. The highest BCUT2D eigenvalue weighted by molar-refractivity contribution is 7.99. The Morgan fingerprint density at radius 1 is 1.11 bits per heavy atom. The van der Waals surface area contributed by atoms with Crippen molar-refractivity contribution < 1.29 is 4.79 Å². The molecule has 3 aromatic rings. The molecule has 1 amide bonds. The van der Waals surface area contributed by atoms with Gasteiger partial charge in [0.25, 0.3) is 5.91 Å². The number of benzene rings is 2. The van der Waals surface area contributed by atoms with Gasteiger partial charge in [-0.25, -0.2) is 4.98 Å². The smallest absolute Gasteiger partial charge is 0.260 e. The third kappa shape index (κ3) is 4.93. The molecule has 0 atom stereocenters.